The highest BCUT2D eigenvalue weighted by molar-refractivity contribution is 5.91. The van der Waals surface area contributed by atoms with Gasteiger partial charge in [0.2, 0.25) is 5.69 Å². The highest BCUT2D eigenvalue weighted by Gasteiger charge is 2.26. The van der Waals surface area contributed by atoms with Gasteiger partial charge in [-0.3, -0.25) is 0 Å². The maximum atomic E-state index is 11.6. The molecule has 0 radical (unpaired) electrons. The van der Waals surface area contributed by atoms with Crippen LogP contribution in [0.15, 0.2) is 24.3 Å². The summed E-state index contributed by atoms with van der Waals surface area (Å²) < 4.78 is 0. The molecule has 128 valence electrons. The van der Waals surface area contributed by atoms with Crippen molar-refractivity contribution in [1.29, 1.82) is 0 Å². The maximum Gasteiger partial charge on any atom is 0.360 e. The third-order valence-electron chi connectivity index (χ3n) is 4.49. The van der Waals surface area contributed by atoms with Crippen LogP contribution in [-0.4, -0.2) is 63.7 Å². The summed E-state index contributed by atoms with van der Waals surface area (Å²) >= 11 is 0. The minimum absolute atomic E-state index is 0.0134. The molecule has 3 rings (SSSR count). The number of likely N-dealkylation sites (N-methyl/N-ethyl adjacent to an activating group) is 1. The van der Waals surface area contributed by atoms with Gasteiger partial charge in [-0.2, -0.15) is 0 Å². The number of aromatic carboxylic acids is 1. The van der Waals surface area contributed by atoms with Crippen molar-refractivity contribution in [2.24, 2.45) is 0 Å². The van der Waals surface area contributed by atoms with Gasteiger partial charge in [-0.25, -0.2) is 4.79 Å². The zero-order valence-corrected chi connectivity index (χ0v) is 14.1. The summed E-state index contributed by atoms with van der Waals surface area (Å²) in [4.78, 5) is 17.3. The van der Waals surface area contributed by atoms with E-state index in [0.717, 1.165) is 44.8 Å². The Hall–Kier alpha value is -2.41. The Kier molecular flexibility index (Phi) is 4.80. The lowest BCUT2D eigenvalue weighted by atomic mass is 10.2. The summed E-state index contributed by atoms with van der Waals surface area (Å²) in [6.07, 6.45) is 0.958. The molecule has 0 saturated carbocycles. The molecule has 0 spiro atoms. The van der Waals surface area contributed by atoms with Gasteiger partial charge in [0.1, 0.15) is 0 Å². The van der Waals surface area contributed by atoms with E-state index in [1.807, 2.05) is 29.2 Å². The average Bonchev–Trinajstić information content (AvgIpc) is 3.07. The van der Waals surface area contributed by atoms with E-state index in [9.17, 15) is 9.90 Å². The highest BCUT2D eigenvalue weighted by atomic mass is 16.4. The van der Waals surface area contributed by atoms with Crippen LogP contribution in [0.5, 0.6) is 0 Å². The molecule has 0 bridgehead atoms. The van der Waals surface area contributed by atoms with E-state index < -0.39 is 5.97 Å². The van der Waals surface area contributed by atoms with Crippen molar-refractivity contribution in [2.45, 2.75) is 20.3 Å². The van der Waals surface area contributed by atoms with Crippen LogP contribution < -0.4 is 4.90 Å². The third kappa shape index (κ3) is 3.26. The first-order chi connectivity index (χ1) is 11.6. The van der Waals surface area contributed by atoms with E-state index in [0.29, 0.717) is 5.82 Å². The molecule has 2 heterocycles. The topological polar surface area (TPSA) is 74.5 Å². The summed E-state index contributed by atoms with van der Waals surface area (Å²) in [6, 6.07) is 7.87. The molecule has 24 heavy (non-hydrogen) atoms. The number of aryl methyl sites for hydroxylation is 1. The number of hydrogen-bond acceptors (Lipinski definition) is 5. The number of rotatable bonds is 5. The van der Waals surface area contributed by atoms with Crippen LogP contribution in [0.2, 0.25) is 0 Å². The minimum Gasteiger partial charge on any atom is -0.476 e. The molecule has 0 unspecified atom stereocenters. The first kappa shape index (κ1) is 16.4. The quantitative estimate of drug-likeness (QED) is 0.899. The SMILES string of the molecule is CCc1ccc(-n2nc(C(=O)O)c(N3CCN(CC)CC3)n2)cc1. The molecule has 1 aromatic carbocycles. The molecule has 1 aliphatic rings. The van der Waals surface area contributed by atoms with E-state index >= 15 is 0 Å². The Balaban J connectivity index is 1.89. The number of carboxylic acid groups (broad SMARTS) is 1. The Morgan fingerprint density at radius 2 is 1.75 bits per heavy atom. The van der Waals surface area contributed by atoms with Gasteiger partial charge < -0.3 is 14.9 Å². The number of anilines is 1. The number of piperazine rings is 1. The first-order valence-corrected chi connectivity index (χ1v) is 8.39. The third-order valence-corrected chi connectivity index (χ3v) is 4.49. The van der Waals surface area contributed by atoms with Gasteiger partial charge in [-0.05, 0) is 30.7 Å². The van der Waals surface area contributed by atoms with E-state index in [-0.39, 0.29) is 5.69 Å². The van der Waals surface area contributed by atoms with Crippen molar-refractivity contribution in [3.63, 3.8) is 0 Å². The molecule has 1 saturated heterocycles. The standard InChI is InChI=1S/C17H23N5O2/c1-3-13-5-7-14(8-6-13)22-18-15(17(23)24)16(19-22)21-11-9-20(4-2)10-12-21/h5-8H,3-4,9-12H2,1-2H3,(H,23,24). The van der Waals surface area contributed by atoms with Gasteiger partial charge in [0.25, 0.3) is 0 Å². The molecule has 2 aromatic rings. The first-order valence-electron chi connectivity index (χ1n) is 8.39. The van der Waals surface area contributed by atoms with Gasteiger partial charge in [-0.15, -0.1) is 15.0 Å². The number of carbonyl (C=O) groups is 1. The number of carboxylic acids is 1. The van der Waals surface area contributed by atoms with Crippen LogP contribution in [0.25, 0.3) is 5.69 Å². The van der Waals surface area contributed by atoms with Crippen molar-refractivity contribution in [3.05, 3.63) is 35.5 Å². The maximum absolute atomic E-state index is 11.6. The van der Waals surface area contributed by atoms with E-state index in [4.69, 9.17) is 0 Å². The van der Waals surface area contributed by atoms with E-state index in [1.165, 1.54) is 10.4 Å². The van der Waals surface area contributed by atoms with Crippen LogP contribution in [0.4, 0.5) is 5.82 Å². The molecule has 0 aliphatic carbocycles. The monoisotopic (exact) mass is 329 g/mol. The highest BCUT2D eigenvalue weighted by Crippen LogP contribution is 2.20. The molecule has 7 heteroatoms. The predicted octanol–water partition coefficient (Wildman–Crippen LogP) is 1.67. The molecular weight excluding hydrogens is 306 g/mol. The fourth-order valence-corrected chi connectivity index (χ4v) is 2.91. The van der Waals surface area contributed by atoms with Crippen LogP contribution in [0.3, 0.4) is 0 Å². The fraction of sp³-hybridized carbons (Fsp3) is 0.471. The van der Waals surface area contributed by atoms with Crippen molar-refractivity contribution in [3.8, 4) is 5.69 Å². The number of benzene rings is 1. The summed E-state index contributed by atoms with van der Waals surface area (Å²) in [5.74, 6) is -0.586. The Morgan fingerprint density at radius 1 is 1.08 bits per heavy atom. The minimum atomic E-state index is -1.04. The van der Waals surface area contributed by atoms with E-state index in [1.54, 1.807) is 0 Å². The van der Waals surface area contributed by atoms with Crippen LogP contribution in [0, 0.1) is 0 Å². The van der Waals surface area contributed by atoms with Crippen LogP contribution >= 0.6 is 0 Å². The van der Waals surface area contributed by atoms with Crippen LogP contribution in [-0.2, 0) is 6.42 Å². The Bertz CT molecular complexity index is 702. The Morgan fingerprint density at radius 3 is 2.29 bits per heavy atom. The number of nitrogens with zero attached hydrogens (tertiary/aromatic N) is 5. The molecule has 7 nitrogen and oxygen atoms in total. The lowest BCUT2D eigenvalue weighted by Gasteiger charge is -2.34. The lowest BCUT2D eigenvalue weighted by Crippen LogP contribution is -2.46. The fourth-order valence-electron chi connectivity index (χ4n) is 2.91. The molecule has 1 fully saturated rings. The number of aromatic nitrogens is 3. The molecule has 0 amide bonds. The molecule has 0 atom stereocenters. The van der Waals surface area contributed by atoms with Crippen LogP contribution in [0.1, 0.15) is 29.9 Å². The molecule has 1 aromatic heterocycles. The molecule has 1 N–H and O–H groups in total. The van der Waals surface area contributed by atoms with Gasteiger partial charge in [-0.1, -0.05) is 26.0 Å². The second-order valence-electron chi connectivity index (χ2n) is 5.91. The number of hydrogen-bond donors (Lipinski definition) is 1. The summed E-state index contributed by atoms with van der Waals surface area (Å²) in [7, 11) is 0. The second kappa shape index (κ2) is 7.00. The van der Waals surface area contributed by atoms with Gasteiger partial charge >= 0.3 is 5.97 Å². The second-order valence-corrected chi connectivity index (χ2v) is 5.91. The van der Waals surface area contributed by atoms with Crippen molar-refractivity contribution in [1.82, 2.24) is 19.9 Å². The van der Waals surface area contributed by atoms with Crippen molar-refractivity contribution in [2.75, 3.05) is 37.6 Å². The average molecular weight is 329 g/mol. The zero-order valence-electron chi connectivity index (χ0n) is 14.1. The van der Waals surface area contributed by atoms with E-state index in [2.05, 4.69) is 28.9 Å². The molecule has 1 aliphatic heterocycles. The summed E-state index contributed by atoms with van der Waals surface area (Å²) in [5, 5.41) is 18.1. The van der Waals surface area contributed by atoms with Crippen molar-refractivity contribution >= 4 is 11.8 Å². The normalized spacial score (nSPS) is 15.7. The largest absolute Gasteiger partial charge is 0.476 e. The summed E-state index contributed by atoms with van der Waals surface area (Å²) in [5.41, 5.74) is 2.01. The smallest absolute Gasteiger partial charge is 0.360 e. The Labute approximate surface area is 141 Å². The molecular formula is C17H23N5O2. The zero-order chi connectivity index (χ0) is 17.1. The van der Waals surface area contributed by atoms with Crippen molar-refractivity contribution < 1.29 is 9.90 Å². The lowest BCUT2D eigenvalue weighted by molar-refractivity contribution is 0.0690. The van der Waals surface area contributed by atoms with Gasteiger partial charge in [0.15, 0.2) is 5.82 Å². The predicted molar refractivity (Wildman–Crippen MR) is 92.0 cm³/mol. The van der Waals surface area contributed by atoms with Gasteiger partial charge in [0.05, 0.1) is 5.69 Å². The van der Waals surface area contributed by atoms with Gasteiger partial charge in [0, 0.05) is 26.2 Å². The summed E-state index contributed by atoms with van der Waals surface area (Å²) in [6.45, 7) is 8.59.